The minimum Gasteiger partial charge on any atom is -0.484 e. The normalized spacial score (nSPS) is 14.5. The number of hydrogen-bond donors (Lipinski definition) is 1. The van der Waals surface area contributed by atoms with Crippen LogP contribution in [-0.4, -0.2) is 28.6 Å². The van der Waals surface area contributed by atoms with Crippen molar-refractivity contribution >= 4 is 40.6 Å². The summed E-state index contributed by atoms with van der Waals surface area (Å²) in [4.78, 5) is 39.1. The summed E-state index contributed by atoms with van der Waals surface area (Å²) in [6.45, 7) is 4.04. The van der Waals surface area contributed by atoms with Gasteiger partial charge >= 0.3 is 0 Å². The molecular weight excluding hydrogens is 448 g/mol. The maximum absolute atomic E-state index is 12.8. The van der Waals surface area contributed by atoms with Gasteiger partial charge in [-0.2, -0.15) is 0 Å². The second-order valence-corrected chi connectivity index (χ2v) is 9.03. The average molecular weight is 473 g/mol. The highest BCUT2D eigenvalue weighted by atomic mass is 32.2. The van der Waals surface area contributed by atoms with Crippen LogP contribution in [0.3, 0.4) is 0 Å². The van der Waals surface area contributed by atoms with E-state index >= 15 is 0 Å². The number of ether oxygens (including phenoxy) is 1. The lowest BCUT2D eigenvalue weighted by Crippen LogP contribution is -2.27. The predicted octanol–water partition coefficient (Wildman–Crippen LogP) is 5.56. The van der Waals surface area contributed by atoms with Crippen molar-refractivity contribution in [2.45, 2.75) is 20.4 Å². The van der Waals surface area contributed by atoms with Gasteiger partial charge in [0.05, 0.1) is 11.4 Å². The number of hydrogen-bond acceptors (Lipinski definition) is 5. The Kier molecular flexibility index (Phi) is 7.13. The van der Waals surface area contributed by atoms with Crippen LogP contribution in [-0.2, 0) is 16.1 Å². The molecule has 0 spiro atoms. The van der Waals surface area contributed by atoms with Crippen LogP contribution in [0.2, 0.25) is 0 Å². The Morgan fingerprint density at radius 2 is 1.74 bits per heavy atom. The van der Waals surface area contributed by atoms with Crippen LogP contribution in [0.25, 0.3) is 6.08 Å². The van der Waals surface area contributed by atoms with Crippen molar-refractivity contribution in [3.63, 3.8) is 0 Å². The van der Waals surface area contributed by atoms with Crippen molar-refractivity contribution in [3.8, 4) is 5.75 Å². The molecule has 4 rings (SSSR count). The fraction of sp³-hybridized carbons (Fsp3) is 0.148. The lowest BCUT2D eigenvalue weighted by Gasteiger charge is -2.12. The highest BCUT2D eigenvalue weighted by Gasteiger charge is 2.35. The number of anilines is 1. The summed E-state index contributed by atoms with van der Waals surface area (Å²) in [5, 5.41) is 2.49. The van der Waals surface area contributed by atoms with Gasteiger partial charge in [-0.15, -0.1) is 0 Å². The monoisotopic (exact) mass is 472 g/mol. The molecule has 1 aliphatic rings. The van der Waals surface area contributed by atoms with E-state index in [4.69, 9.17) is 4.74 Å². The number of carbonyl (C=O) groups is 3. The highest BCUT2D eigenvalue weighted by molar-refractivity contribution is 8.18. The van der Waals surface area contributed by atoms with E-state index in [0.29, 0.717) is 21.9 Å². The largest absolute Gasteiger partial charge is 0.484 e. The maximum Gasteiger partial charge on any atom is 0.293 e. The number of imide groups is 1. The van der Waals surface area contributed by atoms with E-state index in [2.05, 4.69) is 5.32 Å². The summed E-state index contributed by atoms with van der Waals surface area (Å²) in [5.74, 6) is -0.0985. The fourth-order valence-electron chi connectivity index (χ4n) is 3.46. The Bertz CT molecular complexity index is 1270. The fourth-order valence-corrected chi connectivity index (χ4v) is 4.30. The van der Waals surface area contributed by atoms with Crippen molar-refractivity contribution in [2.75, 3.05) is 11.9 Å². The van der Waals surface area contributed by atoms with Crippen LogP contribution >= 0.6 is 11.8 Å². The summed E-state index contributed by atoms with van der Waals surface area (Å²) in [5.41, 5.74) is 4.50. The summed E-state index contributed by atoms with van der Waals surface area (Å²) in [6, 6.07) is 22.3. The molecule has 34 heavy (non-hydrogen) atoms. The third-order valence-electron chi connectivity index (χ3n) is 5.16. The molecule has 0 saturated carbocycles. The Balaban J connectivity index is 1.38. The summed E-state index contributed by atoms with van der Waals surface area (Å²) in [6.07, 6.45) is 1.67. The topological polar surface area (TPSA) is 75.7 Å². The molecular formula is C27H24N2O4S. The zero-order chi connectivity index (χ0) is 24.1. The van der Waals surface area contributed by atoms with Gasteiger partial charge in [-0.1, -0.05) is 59.7 Å². The first-order valence-corrected chi connectivity index (χ1v) is 11.6. The predicted molar refractivity (Wildman–Crippen MR) is 134 cm³/mol. The molecule has 3 aromatic rings. The average Bonchev–Trinajstić information content (AvgIpc) is 3.07. The van der Waals surface area contributed by atoms with Gasteiger partial charge in [0.15, 0.2) is 6.61 Å². The van der Waals surface area contributed by atoms with E-state index in [1.807, 2.05) is 68.4 Å². The van der Waals surface area contributed by atoms with Crippen molar-refractivity contribution in [2.24, 2.45) is 0 Å². The first kappa shape index (κ1) is 23.3. The van der Waals surface area contributed by atoms with Gasteiger partial charge < -0.3 is 10.1 Å². The molecule has 172 valence electrons. The molecule has 0 aromatic heterocycles. The molecule has 1 heterocycles. The third-order valence-corrected chi connectivity index (χ3v) is 6.07. The molecule has 1 N–H and O–H groups in total. The molecule has 7 heteroatoms. The van der Waals surface area contributed by atoms with Crippen LogP contribution in [0.1, 0.15) is 22.3 Å². The summed E-state index contributed by atoms with van der Waals surface area (Å²) < 4.78 is 5.62. The Labute approximate surface area is 202 Å². The minimum absolute atomic E-state index is 0.148. The first-order valence-electron chi connectivity index (χ1n) is 10.8. The lowest BCUT2D eigenvalue weighted by atomic mass is 10.1. The minimum atomic E-state index is -0.319. The molecule has 3 amide bonds. The Morgan fingerprint density at radius 3 is 2.50 bits per heavy atom. The van der Waals surface area contributed by atoms with Crippen molar-refractivity contribution in [3.05, 3.63) is 100.0 Å². The zero-order valence-electron chi connectivity index (χ0n) is 18.9. The molecule has 1 saturated heterocycles. The van der Waals surface area contributed by atoms with E-state index in [9.17, 15) is 14.4 Å². The van der Waals surface area contributed by atoms with Crippen molar-refractivity contribution in [1.82, 2.24) is 4.90 Å². The van der Waals surface area contributed by atoms with Gasteiger partial charge in [0.1, 0.15) is 5.75 Å². The van der Waals surface area contributed by atoms with E-state index in [0.717, 1.165) is 28.5 Å². The number of carbonyl (C=O) groups excluding carboxylic acids is 3. The Morgan fingerprint density at radius 1 is 0.971 bits per heavy atom. The van der Waals surface area contributed by atoms with Crippen LogP contribution in [0.5, 0.6) is 5.75 Å². The van der Waals surface area contributed by atoms with E-state index < -0.39 is 0 Å². The van der Waals surface area contributed by atoms with Crippen LogP contribution < -0.4 is 10.1 Å². The molecule has 1 fully saturated rings. The second-order valence-electron chi connectivity index (χ2n) is 8.03. The smallest absolute Gasteiger partial charge is 0.293 e. The SMILES string of the molecule is Cc1ccc(NC(=O)COc2cccc(/C=C3\SC(=O)N(Cc4cccc(C)c4)C3=O)c2)cc1. The van der Waals surface area contributed by atoms with E-state index in [1.165, 1.54) is 4.90 Å². The third kappa shape index (κ3) is 5.94. The Hall–Kier alpha value is -3.84. The van der Waals surface area contributed by atoms with Crippen LogP contribution in [0.15, 0.2) is 77.7 Å². The molecule has 3 aromatic carbocycles. The maximum atomic E-state index is 12.8. The molecule has 1 aliphatic heterocycles. The summed E-state index contributed by atoms with van der Waals surface area (Å²) >= 11 is 0.920. The zero-order valence-corrected chi connectivity index (χ0v) is 19.7. The molecule has 0 aliphatic carbocycles. The lowest BCUT2D eigenvalue weighted by molar-refractivity contribution is -0.123. The van der Waals surface area contributed by atoms with Gasteiger partial charge in [-0.3, -0.25) is 19.3 Å². The number of nitrogens with zero attached hydrogens (tertiary/aromatic N) is 1. The molecule has 0 radical (unpaired) electrons. The highest BCUT2D eigenvalue weighted by Crippen LogP contribution is 2.33. The number of thioether (sulfide) groups is 1. The second kappa shape index (κ2) is 10.4. The number of benzene rings is 3. The number of nitrogens with one attached hydrogen (secondary N) is 1. The summed E-state index contributed by atoms with van der Waals surface area (Å²) in [7, 11) is 0. The first-order chi connectivity index (χ1) is 16.4. The molecule has 6 nitrogen and oxygen atoms in total. The van der Waals surface area contributed by atoms with Crippen molar-refractivity contribution in [1.29, 1.82) is 0 Å². The molecule has 0 atom stereocenters. The number of amides is 3. The van der Waals surface area contributed by atoms with Gasteiger partial charge in [-0.25, -0.2) is 0 Å². The molecule has 0 bridgehead atoms. The quantitative estimate of drug-likeness (QED) is 0.456. The van der Waals surface area contributed by atoms with E-state index in [1.54, 1.807) is 24.3 Å². The van der Waals surface area contributed by atoms with Gasteiger partial charge in [0.2, 0.25) is 0 Å². The molecule has 0 unspecified atom stereocenters. The number of aryl methyl sites for hydroxylation is 2. The van der Waals surface area contributed by atoms with Gasteiger partial charge in [0, 0.05) is 5.69 Å². The van der Waals surface area contributed by atoms with Crippen molar-refractivity contribution < 1.29 is 19.1 Å². The van der Waals surface area contributed by atoms with Gasteiger partial charge in [0.25, 0.3) is 17.1 Å². The standard InChI is InChI=1S/C27H24N2O4S/c1-18-9-11-22(12-10-18)28-25(30)17-33-23-8-4-6-20(14-23)15-24-26(31)29(27(32)34-24)16-21-7-3-5-19(2)13-21/h3-15H,16-17H2,1-2H3,(H,28,30)/b24-15-. The number of rotatable bonds is 7. The van der Waals surface area contributed by atoms with E-state index in [-0.39, 0.29) is 30.2 Å². The van der Waals surface area contributed by atoms with Crippen LogP contribution in [0.4, 0.5) is 10.5 Å². The van der Waals surface area contributed by atoms with Crippen LogP contribution in [0, 0.1) is 13.8 Å². The van der Waals surface area contributed by atoms with Gasteiger partial charge in [-0.05, 0) is 67.1 Å².